The third-order valence-electron chi connectivity index (χ3n) is 5.45. The second-order valence-electron chi connectivity index (χ2n) is 6.61. The first-order valence-corrected chi connectivity index (χ1v) is 7.72. The van der Waals surface area contributed by atoms with E-state index in [1.165, 1.54) is 25.7 Å². The van der Waals surface area contributed by atoms with E-state index in [0.29, 0.717) is 17.0 Å². The van der Waals surface area contributed by atoms with E-state index in [9.17, 15) is 8.78 Å². The number of nitrogens with one attached hydrogen (secondary N) is 1. The summed E-state index contributed by atoms with van der Waals surface area (Å²) in [5.41, 5.74) is 0.861. The van der Waals surface area contributed by atoms with Crippen molar-refractivity contribution < 1.29 is 8.78 Å². The lowest BCUT2D eigenvalue weighted by Gasteiger charge is -2.27. The van der Waals surface area contributed by atoms with Crippen molar-refractivity contribution in [2.45, 2.75) is 45.1 Å². The largest absolute Gasteiger partial charge is 0.313 e. The first-order valence-electron chi connectivity index (χ1n) is 7.72. The Morgan fingerprint density at radius 1 is 1.20 bits per heavy atom. The maximum atomic E-state index is 14.1. The van der Waals surface area contributed by atoms with Crippen LogP contribution >= 0.6 is 0 Å². The molecule has 0 aliphatic heterocycles. The van der Waals surface area contributed by atoms with Crippen molar-refractivity contribution in [3.63, 3.8) is 0 Å². The average Bonchev–Trinajstić information content (AvgIpc) is 3.05. The van der Waals surface area contributed by atoms with Gasteiger partial charge in [0.2, 0.25) is 0 Å². The van der Waals surface area contributed by atoms with E-state index in [4.69, 9.17) is 0 Å². The Balaban J connectivity index is 1.78. The molecule has 3 rings (SSSR count). The van der Waals surface area contributed by atoms with E-state index in [1.807, 2.05) is 7.05 Å². The summed E-state index contributed by atoms with van der Waals surface area (Å²) in [4.78, 5) is 0. The standard InChI is InChI=1S/C17H23F2N/c1-10-3-6-14(17(19)16(10)18)15(20-2)9-13-8-11-4-5-12(13)7-11/h3,6,11-13,15,20H,4-5,7-9H2,1-2H3. The molecule has 2 bridgehead atoms. The predicted octanol–water partition coefficient (Wildman–Crippen LogP) is 4.36. The van der Waals surface area contributed by atoms with E-state index >= 15 is 0 Å². The highest BCUT2D eigenvalue weighted by molar-refractivity contribution is 5.28. The van der Waals surface area contributed by atoms with Gasteiger partial charge in [-0.1, -0.05) is 18.6 Å². The number of fused-ring (bicyclic) bond motifs is 2. The molecular weight excluding hydrogens is 256 g/mol. The van der Waals surface area contributed by atoms with Gasteiger partial charge < -0.3 is 5.32 Å². The smallest absolute Gasteiger partial charge is 0.163 e. The third-order valence-corrected chi connectivity index (χ3v) is 5.45. The summed E-state index contributed by atoms with van der Waals surface area (Å²) >= 11 is 0. The quantitative estimate of drug-likeness (QED) is 0.863. The summed E-state index contributed by atoms with van der Waals surface area (Å²) in [7, 11) is 1.84. The Kier molecular flexibility index (Phi) is 3.80. The van der Waals surface area contributed by atoms with Crippen molar-refractivity contribution >= 4 is 0 Å². The SMILES string of the molecule is CNC(CC1CC2CCC1C2)c1ccc(C)c(F)c1F. The molecule has 0 heterocycles. The topological polar surface area (TPSA) is 12.0 Å². The fourth-order valence-corrected chi connectivity index (χ4v) is 4.30. The number of hydrogen-bond acceptors (Lipinski definition) is 1. The zero-order valence-corrected chi connectivity index (χ0v) is 12.3. The van der Waals surface area contributed by atoms with Gasteiger partial charge in [-0.2, -0.15) is 0 Å². The normalized spacial score (nSPS) is 29.9. The summed E-state index contributed by atoms with van der Waals surface area (Å²) < 4.78 is 27.9. The first-order chi connectivity index (χ1) is 9.60. The molecule has 2 saturated carbocycles. The minimum Gasteiger partial charge on any atom is -0.313 e. The molecule has 1 nitrogen and oxygen atoms in total. The Labute approximate surface area is 119 Å². The van der Waals surface area contributed by atoms with Gasteiger partial charge in [0.15, 0.2) is 11.6 Å². The van der Waals surface area contributed by atoms with Gasteiger partial charge in [-0.3, -0.25) is 0 Å². The molecule has 20 heavy (non-hydrogen) atoms. The summed E-state index contributed by atoms with van der Waals surface area (Å²) in [6.07, 6.45) is 6.26. The van der Waals surface area contributed by atoms with E-state index < -0.39 is 11.6 Å². The minimum atomic E-state index is -0.698. The van der Waals surface area contributed by atoms with E-state index in [-0.39, 0.29) is 6.04 Å². The molecule has 3 heteroatoms. The molecule has 2 fully saturated rings. The molecule has 110 valence electrons. The zero-order chi connectivity index (χ0) is 14.3. The Morgan fingerprint density at radius 2 is 2.00 bits per heavy atom. The lowest BCUT2D eigenvalue weighted by atomic mass is 9.82. The molecular formula is C17H23F2N. The van der Waals surface area contributed by atoms with Crippen molar-refractivity contribution in [3.05, 3.63) is 34.9 Å². The summed E-state index contributed by atoms with van der Waals surface area (Å²) in [6, 6.07) is 3.34. The van der Waals surface area contributed by atoms with Crippen LogP contribution in [0.4, 0.5) is 8.78 Å². The summed E-state index contributed by atoms with van der Waals surface area (Å²) in [5.74, 6) is 1.01. The van der Waals surface area contributed by atoms with Gasteiger partial charge in [0, 0.05) is 11.6 Å². The first kappa shape index (κ1) is 14.0. The van der Waals surface area contributed by atoms with Crippen molar-refractivity contribution in [1.82, 2.24) is 5.32 Å². The van der Waals surface area contributed by atoms with Crippen LogP contribution in [-0.2, 0) is 0 Å². The van der Waals surface area contributed by atoms with Crippen LogP contribution in [0.1, 0.15) is 49.3 Å². The monoisotopic (exact) mass is 279 g/mol. The Hall–Kier alpha value is -0.960. The molecule has 0 radical (unpaired) electrons. The van der Waals surface area contributed by atoms with Crippen molar-refractivity contribution in [1.29, 1.82) is 0 Å². The maximum absolute atomic E-state index is 14.1. The second-order valence-corrected chi connectivity index (χ2v) is 6.61. The van der Waals surface area contributed by atoms with Crippen molar-refractivity contribution in [2.24, 2.45) is 17.8 Å². The fourth-order valence-electron chi connectivity index (χ4n) is 4.30. The van der Waals surface area contributed by atoms with Gasteiger partial charge in [-0.05, 0) is 63.0 Å². The molecule has 0 amide bonds. The summed E-state index contributed by atoms with van der Waals surface area (Å²) in [5, 5.41) is 3.19. The van der Waals surface area contributed by atoms with Crippen LogP contribution in [0.25, 0.3) is 0 Å². The molecule has 4 unspecified atom stereocenters. The van der Waals surface area contributed by atoms with E-state index in [2.05, 4.69) is 5.32 Å². The Bertz CT molecular complexity index is 500. The highest BCUT2D eigenvalue weighted by atomic mass is 19.2. The molecule has 4 atom stereocenters. The number of aryl methyl sites for hydroxylation is 1. The third kappa shape index (κ3) is 2.37. The molecule has 1 aromatic carbocycles. The van der Waals surface area contributed by atoms with E-state index in [1.54, 1.807) is 19.1 Å². The lowest BCUT2D eigenvalue weighted by molar-refractivity contribution is 0.281. The molecule has 0 saturated heterocycles. The van der Waals surface area contributed by atoms with E-state index in [0.717, 1.165) is 18.3 Å². The van der Waals surface area contributed by atoms with Gasteiger partial charge in [-0.15, -0.1) is 0 Å². The molecule has 2 aliphatic carbocycles. The van der Waals surface area contributed by atoms with Gasteiger partial charge in [0.05, 0.1) is 0 Å². The predicted molar refractivity (Wildman–Crippen MR) is 76.5 cm³/mol. The Morgan fingerprint density at radius 3 is 2.60 bits per heavy atom. The van der Waals surface area contributed by atoms with Crippen LogP contribution in [0.2, 0.25) is 0 Å². The minimum absolute atomic E-state index is 0.0746. The fraction of sp³-hybridized carbons (Fsp3) is 0.647. The molecule has 1 aromatic rings. The van der Waals surface area contributed by atoms with Crippen LogP contribution < -0.4 is 5.32 Å². The number of benzene rings is 1. The molecule has 2 aliphatic rings. The van der Waals surface area contributed by atoms with Gasteiger partial charge in [0.1, 0.15) is 0 Å². The van der Waals surface area contributed by atoms with Gasteiger partial charge >= 0.3 is 0 Å². The maximum Gasteiger partial charge on any atom is 0.163 e. The van der Waals surface area contributed by atoms with Crippen LogP contribution in [0.15, 0.2) is 12.1 Å². The van der Waals surface area contributed by atoms with Crippen LogP contribution in [0.3, 0.4) is 0 Å². The number of hydrogen-bond donors (Lipinski definition) is 1. The summed E-state index contributed by atoms with van der Waals surface area (Å²) in [6.45, 7) is 1.60. The molecule has 0 spiro atoms. The lowest BCUT2D eigenvalue weighted by Crippen LogP contribution is -2.24. The van der Waals surface area contributed by atoms with Crippen LogP contribution in [0, 0.1) is 36.3 Å². The highest BCUT2D eigenvalue weighted by Gasteiger charge is 2.40. The number of rotatable bonds is 4. The van der Waals surface area contributed by atoms with Crippen LogP contribution in [0.5, 0.6) is 0 Å². The van der Waals surface area contributed by atoms with Gasteiger partial charge in [0.25, 0.3) is 0 Å². The highest BCUT2D eigenvalue weighted by Crippen LogP contribution is 2.51. The molecule has 0 aromatic heterocycles. The van der Waals surface area contributed by atoms with Crippen molar-refractivity contribution in [3.8, 4) is 0 Å². The zero-order valence-electron chi connectivity index (χ0n) is 12.3. The average molecular weight is 279 g/mol. The molecule has 1 N–H and O–H groups in total. The van der Waals surface area contributed by atoms with Crippen LogP contribution in [-0.4, -0.2) is 7.05 Å². The van der Waals surface area contributed by atoms with Crippen molar-refractivity contribution in [2.75, 3.05) is 7.05 Å². The number of halogens is 2. The van der Waals surface area contributed by atoms with Gasteiger partial charge in [-0.25, -0.2) is 8.78 Å². The second kappa shape index (κ2) is 5.44.